The fraction of sp³-hybridized carbons (Fsp3) is 0.148. The van der Waals surface area contributed by atoms with Crippen molar-refractivity contribution >= 4 is 28.4 Å². The average Bonchev–Trinajstić information content (AvgIpc) is 3.54. The molecule has 1 atom stereocenters. The van der Waals surface area contributed by atoms with Crippen LogP contribution in [0.3, 0.4) is 0 Å². The molecule has 0 amide bonds. The molecule has 170 valence electrons. The highest BCUT2D eigenvalue weighted by Gasteiger charge is 2.28. The van der Waals surface area contributed by atoms with Gasteiger partial charge >= 0.3 is 0 Å². The molecule has 0 spiro atoms. The summed E-state index contributed by atoms with van der Waals surface area (Å²) >= 11 is 1.25. The molecule has 6 nitrogen and oxygen atoms in total. The van der Waals surface area contributed by atoms with Crippen molar-refractivity contribution in [3.05, 3.63) is 95.7 Å². The van der Waals surface area contributed by atoms with Gasteiger partial charge in [-0.3, -0.25) is 4.79 Å². The first-order valence-electron chi connectivity index (χ1n) is 11.0. The molecule has 0 fully saturated rings. The first-order valence-corrected chi connectivity index (χ1v) is 11.9. The third-order valence-electron chi connectivity index (χ3n) is 5.75. The summed E-state index contributed by atoms with van der Waals surface area (Å²) in [5, 5.41) is 9.11. The molecule has 0 radical (unpaired) electrons. The second-order valence-electron chi connectivity index (χ2n) is 7.74. The molecule has 0 aliphatic rings. The molecule has 5 aromatic rings. The molecule has 7 heteroatoms. The summed E-state index contributed by atoms with van der Waals surface area (Å²) < 4.78 is 11.4. The number of aromatic amines is 1. The number of nitrogens with one attached hydrogen (secondary N) is 1. The van der Waals surface area contributed by atoms with E-state index in [1.54, 1.807) is 13.3 Å². The fourth-order valence-electron chi connectivity index (χ4n) is 4.05. The summed E-state index contributed by atoms with van der Waals surface area (Å²) in [6, 6.07) is 23.2. The number of hydrogen-bond acceptors (Lipinski definition) is 6. The van der Waals surface area contributed by atoms with Crippen molar-refractivity contribution in [2.45, 2.75) is 23.8 Å². The first-order chi connectivity index (χ1) is 16.7. The number of thioether (sulfide) groups is 1. The van der Waals surface area contributed by atoms with Crippen LogP contribution in [0.1, 0.15) is 33.7 Å². The molecule has 2 heterocycles. The summed E-state index contributed by atoms with van der Waals surface area (Å²) in [5.74, 6) is 0.968. The van der Waals surface area contributed by atoms with Crippen LogP contribution in [0.4, 0.5) is 0 Å². The number of hydrogen-bond donors (Lipinski definition) is 1. The third kappa shape index (κ3) is 4.10. The van der Waals surface area contributed by atoms with Crippen LogP contribution in [0.5, 0.6) is 5.75 Å². The summed E-state index contributed by atoms with van der Waals surface area (Å²) in [6.45, 7) is 2.11. The second-order valence-corrected chi connectivity index (χ2v) is 8.80. The molecule has 34 heavy (non-hydrogen) atoms. The van der Waals surface area contributed by atoms with E-state index in [1.807, 2.05) is 66.7 Å². The van der Waals surface area contributed by atoms with Crippen LogP contribution in [-0.2, 0) is 6.42 Å². The van der Waals surface area contributed by atoms with Gasteiger partial charge in [-0.1, -0.05) is 67.6 Å². The summed E-state index contributed by atoms with van der Waals surface area (Å²) in [5.41, 5.74) is 4.41. The minimum Gasteiger partial charge on any atom is -0.496 e. The monoisotopic (exact) mass is 469 g/mol. The van der Waals surface area contributed by atoms with Crippen LogP contribution < -0.4 is 4.74 Å². The zero-order valence-corrected chi connectivity index (χ0v) is 19.6. The van der Waals surface area contributed by atoms with Crippen molar-refractivity contribution in [1.29, 1.82) is 0 Å². The number of Topliss-reactive ketones (excluding diaryl/α,β-unsaturated/α-hetero) is 1. The van der Waals surface area contributed by atoms with Gasteiger partial charge in [0.25, 0.3) is 11.1 Å². The number of ketones is 1. The second kappa shape index (κ2) is 9.57. The minimum atomic E-state index is -0.545. The van der Waals surface area contributed by atoms with Gasteiger partial charge in [0.2, 0.25) is 0 Å². The molecule has 0 aliphatic carbocycles. The summed E-state index contributed by atoms with van der Waals surface area (Å²) in [6.07, 6.45) is 2.69. The van der Waals surface area contributed by atoms with Gasteiger partial charge < -0.3 is 14.1 Å². The molecule has 0 saturated heterocycles. The Morgan fingerprint density at radius 2 is 1.82 bits per heavy atom. The fourth-order valence-corrected chi connectivity index (χ4v) is 4.99. The predicted molar refractivity (Wildman–Crippen MR) is 133 cm³/mol. The van der Waals surface area contributed by atoms with E-state index in [2.05, 4.69) is 28.2 Å². The maximum atomic E-state index is 13.9. The van der Waals surface area contributed by atoms with Crippen LogP contribution in [0.2, 0.25) is 0 Å². The molecule has 0 bridgehead atoms. The highest BCUT2D eigenvalue weighted by atomic mass is 32.2. The van der Waals surface area contributed by atoms with Crippen molar-refractivity contribution in [2.75, 3.05) is 7.11 Å². The van der Waals surface area contributed by atoms with Gasteiger partial charge in [0.05, 0.1) is 12.7 Å². The van der Waals surface area contributed by atoms with Crippen molar-refractivity contribution in [1.82, 2.24) is 15.2 Å². The Bertz CT molecular complexity index is 1440. The number of ether oxygens (including phenoxy) is 1. The van der Waals surface area contributed by atoms with E-state index in [9.17, 15) is 4.79 Å². The molecule has 0 saturated carbocycles. The SMILES string of the molecule is CCc1cccc2c(C(=O)C(Sc3nnc(-c4ccccc4OC)o3)c3ccccc3)c[nH]c12. The largest absolute Gasteiger partial charge is 0.496 e. The number of carbonyl (C=O) groups excluding carboxylic acids is 1. The zero-order chi connectivity index (χ0) is 23.5. The number of fused-ring (bicyclic) bond motifs is 1. The molecule has 1 N–H and O–H groups in total. The number of benzene rings is 3. The number of carbonyl (C=O) groups is 1. The first kappa shape index (κ1) is 22.0. The lowest BCUT2D eigenvalue weighted by molar-refractivity contribution is 0.0990. The number of rotatable bonds is 8. The van der Waals surface area contributed by atoms with Crippen molar-refractivity contribution in [2.24, 2.45) is 0 Å². The van der Waals surface area contributed by atoms with E-state index in [0.29, 0.717) is 28.0 Å². The van der Waals surface area contributed by atoms with E-state index >= 15 is 0 Å². The third-order valence-corrected chi connectivity index (χ3v) is 6.84. The molecule has 5 rings (SSSR count). The van der Waals surface area contributed by atoms with E-state index in [-0.39, 0.29) is 5.78 Å². The van der Waals surface area contributed by atoms with E-state index in [4.69, 9.17) is 9.15 Å². The Morgan fingerprint density at radius 3 is 2.62 bits per heavy atom. The lowest BCUT2D eigenvalue weighted by Crippen LogP contribution is -2.09. The quantitative estimate of drug-likeness (QED) is 0.206. The van der Waals surface area contributed by atoms with Crippen LogP contribution in [-0.4, -0.2) is 28.1 Å². The number of H-pyrrole nitrogens is 1. The number of methoxy groups -OCH3 is 1. The Morgan fingerprint density at radius 1 is 1.03 bits per heavy atom. The maximum absolute atomic E-state index is 13.9. The molecule has 0 aliphatic heterocycles. The van der Waals surface area contributed by atoms with E-state index in [1.165, 1.54) is 17.3 Å². The van der Waals surface area contributed by atoms with Gasteiger partial charge in [-0.15, -0.1) is 10.2 Å². The molecular weight excluding hydrogens is 446 g/mol. The lowest BCUT2D eigenvalue weighted by atomic mass is 10.0. The molecule has 2 aromatic heterocycles. The molecule has 3 aromatic carbocycles. The van der Waals surface area contributed by atoms with Gasteiger partial charge in [0, 0.05) is 22.7 Å². The Kier molecular flexibility index (Phi) is 6.18. The summed E-state index contributed by atoms with van der Waals surface area (Å²) in [4.78, 5) is 17.2. The smallest absolute Gasteiger partial charge is 0.277 e. The van der Waals surface area contributed by atoms with E-state index in [0.717, 1.165) is 22.9 Å². The summed E-state index contributed by atoms with van der Waals surface area (Å²) in [7, 11) is 1.60. The molecular formula is C27H23N3O3S. The van der Waals surface area contributed by atoms with Gasteiger partial charge in [0.1, 0.15) is 11.0 Å². The van der Waals surface area contributed by atoms with Crippen LogP contribution in [0, 0.1) is 0 Å². The number of para-hydroxylation sites is 2. The van der Waals surface area contributed by atoms with E-state index < -0.39 is 5.25 Å². The maximum Gasteiger partial charge on any atom is 0.277 e. The zero-order valence-electron chi connectivity index (χ0n) is 18.8. The van der Waals surface area contributed by atoms with Crippen LogP contribution >= 0.6 is 11.8 Å². The van der Waals surface area contributed by atoms with Gasteiger partial charge in [-0.2, -0.15) is 0 Å². The lowest BCUT2D eigenvalue weighted by Gasteiger charge is -2.13. The normalized spacial score (nSPS) is 12.1. The Labute approximate surface area is 201 Å². The van der Waals surface area contributed by atoms with Gasteiger partial charge in [0.15, 0.2) is 5.78 Å². The highest BCUT2D eigenvalue weighted by molar-refractivity contribution is 8.00. The number of nitrogens with zero attached hydrogens (tertiary/aromatic N) is 2. The number of aryl methyl sites for hydroxylation is 1. The van der Waals surface area contributed by atoms with Crippen LogP contribution in [0.25, 0.3) is 22.4 Å². The topological polar surface area (TPSA) is 81.0 Å². The van der Waals surface area contributed by atoms with Crippen LogP contribution in [0.15, 0.2) is 88.6 Å². The standard InChI is InChI=1S/C27H23N3O3S/c1-3-17-12-9-14-19-21(16-28-23(17)19)24(31)25(18-10-5-4-6-11-18)34-27-30-29-26(33-27)20-13-7-8-15-22(20)32-2/h4-16,25,28H,3H2,1-2H3. The average molecular weight is 470 g/mol. The number of aromatic nitrogens is 3. The van der Waals surface area contributed by atoms with Gasteiger partial charge in [-0.25, -0.2) is 0 Å². The van der Waals surface area contributed by atoms with Crippen molar-refractivity contribution in [3.63, 3.8) is 0 Å². The predicted octanol–water partition coefficient (Wildman–Crippen LogP) is 6.51. The van der Waals surface area contributed by atoms with Crippen molar-refractivity contribution in [3.8, 4) is 17.2 Å². The minimum absolute atomic E-state index is 0.0206. The Hall–Kier alpha value is -3.84. The molecule has 1 unspecified atom stereocenters. The Balaban J connectivity index is 1.51. The van der Waals surface area contributed by atoms with Crippen molar-refractivity contribution < 1.29 is 13.9 Å². The van der Waals surface area contributed by atoms with Gasteiger partial charge in [-0.05, 0) is 41.4 Å². The highest BCUT2D eigenvalue weighted by Crippen LogP contribution is 2.40.